The summed E-state index contributed by atoms with van der Waals surface area (Å²) >= 11 is 1.54. The first-order valence-corrected chi connectivity index (χ1v) is 10.3. The van der Waals surface area contributed by atoms with Crippen molar-refractivity contribution in [2.24, 2.45) is 0 Å². The zero-order valence-electron chi connectivity index (χ0n) is 15.3. The van der Waals surface area contributed by atoms with Crippen molar-refractivity contribution in [3.05, 3.63) is 29.3 Å². The van der Waals surface area contributed by atoms with Crippen molar-refractivity contribution in [1.82, 2.24) is 10.2 Å². The predicted molar refractivity (Wildman–Crippen MR) is 101 cm³/mol. The zero-order chi connectivity index (χ0) is 20.4. The molecule has 10 heteroatoms. The first-order chi connectivity index (χ1) is 13.3. The Bertz CT molecular complexity index is 778. The van der Waals surface area contributed by atoms with Gasteiger partial charge in [0.25, 0.3) is 0 Å². The van der Waals surface area contributed by atoms with Crippen molar-refractivity contribution in [3.63, 3.8) is 0 Å². The van der Waals surface area contributed by atoms with E-state index < -0.39 is 35.5 Å². The fraction of sp³-hybridized carbons (Fsp3) is 0.500. The van der Waals surface area contributed by atoms with Crippen molar-refractivity contribution in [2.45, 2.75) is 24.8 Å². The lowest BCUT2D eigenvalue weighted by molar-refractivity contribution is -0.134. The van der Waals surface area contributed by atoms with Crippen molar-refractivity contribution < 1.29 is 28.3 Å². The molecular weight excluding hydrogens is 392 g/mol. The molecule has 1 unspecified atom stereocenters. The standard InChI is InChI=1S/C18H21F2N3O4S/c1-28-5-4-23(18(26)27)11-8-22(9-11)10-6-13(19)16(14(20)7-10)12-2-3-15(24)21-17(12)25/h6-7,11-12H,2-5,8-9H2,1H3,(H,26,27)(H,21,24,25). The molecule has 152 valence electrons. The molecule has 0 bridgehead atoms. The van der Waals surface area contributed by atoms with E-state index in [-0.39, 0.29) is 24.4 Å². The number of nitrogens with one attached hydrogen (secondary N) is 1. The van der Waals surface area contributed by atoms with Gasteiger partial charge in [-0.25, -0.2) is 13.6 Å². The molecule has 2 saturated heterocycles. The van der Waals surface area contributed by atoms with Crippen LogP contribution in [-0.2, 0) is 9.59 Å². The number of carbonyl (C=O) groups is 3. The van der Waals surface area contributed by atoms with E-state index in [4.69, 9.17) is 0 Å². The number of carbonyl (C=O) groups excluding carboxylic acids is 2. The maximum Gasteiger partial charge on any atom is 0.407 e. The number of hydrogen-bond donors (Lipinski definition) is 2. The van der Waals surface area contributed by atoms with E-state index in [9.17, 15) is 28.3 Å². The largest absolute Gasteiger partial charge is 0.465 e. The van der Waals surface area contributed by atoms with Gasteiger partial charge < -0.3 is 14.9 Å². The van der Waals surface area contributed by atoms with E-state index in [1.54, 1.807) is 16.7 Å². The molecule has 3 rings (SSSR count). The van der Waals surface area contributed by atoms with Crippen LogP contribution in [0.5, 0.6) is 0 Å². The molecule has 2 aliphatic rings. The molecule has 2 N–H and O–H groups in total. The molecule has 7 nitrogen and oxygen atoms in total. The molecule has 0 radical (unpaired) electrons. The summed E-state index contributed by atoms with van der Waals surface area (Å²) in [5.41, 5.74) is -0.0320. The molecular formula is C18H21F2N3O4S. The average Bonchev–Trinajstić information content (AvgIpc) is 2.57. The minimum Gasteiger partial charge on any atom is -0.465 e. The van der Waals surface area contributed by atoms with Gasteiger partial charge in [0.05, 0.1) is 12.0 Å². The third kappa shape index (κ3) is 4.06. The van der Waals surface area contributed by atoms with Crippen LogP contribution >= 0.6 is 11.8 Å². The van der Waals surface area contributed by atoms with E-state index in [0.29, 0.717) is 31.1 Å². The molecule has 0 saturated carbocycles. The summed E-state index contributed by atoms with van der Waals surface area (Å²) in [6.07, 6.45) is 0.977. The Morgan fingerprint density at radius 3 is 2.50 bits per heavy atom. The second-order valence-electron chi connectivity index (χ2n) is 6.85. The number of piperidine rings is 1. The van der Waals surface area contributed by atoms with E-state index >= 15 is 0 Å². The second kappa shape index (κ2) is 8.34. The van der Waals surface area contributed by atoms with E-state index in [0.717, 1.165) is 12.1 Å². The lowest BCUT2D eigenvalue weighted by Gasteiger charge is -2.45. The number of halogens is 2. The van der Waals surface area contributed by atoms with E-state index in [1.807, 2.05) is 6.26 Å². The Balaban J connectivity index is 1.71. The third-order valence-corrected chi connectivity index (χ3v) is 5.69. The van der Waals surface area contributed by atoms with Crippen molar-refractivity contribution in [1.29, 1.82) is 0 Å². The molecule has 2 fully saturated rings. The Hall–Kier alpha value is -2.36. The molecule has 1 aromatic carbocycles. The first-order valence-electron chi connectivity index (χ1n) is 8.88. The van der Waals surface area contributed by atoms with Crippen LogP contribution in [0.3, 0.4) is 0 Å². The highest BCUT2D eigenvalue weighted by Crippen LogP contribution is 2.33. The van der Waals surface area contributed by atoms with Crippen molar-refractivity contribution in [3.8, 4) is 0 Å². The number of amides is 3. The zero-order valence-corrected chi connectivity index (χ0v) is 16.1. The average molecular weight is 413 g/mol. The van der Waals surface area contributed by atoms with Gasteiger partial charge in [-0.15, -0.1) is 0 Å². The molecule has 2 aliphatic heterocycles. The van der Waals surface area contributed by atoms with Gasteiger partial charge in [-0.05, 0) is 24.8 Å². The quantitative estimate of drug-likeness (QED) is 0.694. The molecule has 1 aromatic rings. The number of rotatable bonds is 6. The van der Waals surface area contributed by atoms with Crippen LogP contribution in [0.25, 0.3) is 0 Å². The van der Waals surface area contributed by atoms with Crippen LogP contribution < -0.4 is 10.2 Å². The number of imide groups is 1. The van der Waals surface area contributed by atoms with Gasteiger partial charge >= 0.3 is 6.09 Å². The summed E-state index contributed by atoms with van der Waals surface area (Å²) in [4.78, 5) is 37.6. The minimum atomic E-state index is -1.04. The summed E-state index contributed by atoms with van der Waals surface area (Å²) in [6.45, 7) is 1.08. The summed E-state index contributed by atoms with van der Waals surface area (Å²) < 4.78 is 29.2. The van der Waals surface area contributed by atoms with Gasteiger partial charge in [0.2, 0.25) is 11.8 Å². The fourth-order valence-corrected chi connectivity index (χ4v) is 3.92. The number of nitrogens with zero attached hydrogens (tertiary/aromatic N) is 2. The highest BCUT2D eigenvalue weighted by atomic mass is 32.2. The van der Waals surface area contributed by atoms with Gasteiger partial charge in [0.1, 0.15) is 11.6 Å². The maximum atomic E-state index is 14.6. The molecule has 0 aromatic heterocycles. The van der Waals surface area contributed by atoms with E-state index in [2.05, 4.69) is 5.32 Å². The van der Waals surface area contributed by atoms with Crippen LogP contribution in [0.4, 0.5) is 19.3 Å². The summed E-state index contributed by atoms with van der Waals surface area (Å²) in [5.74, 6) is -3.19. The van der Waals surface area contributed by atoms with Gasteiger partial charge in [0, 0.05) is 43.1 Å². The smallest absolute Gasteiger partial charge is 0.407 e. The van der Waals surface area contributed by atoms with Crippen LogP contribution in [0.15, 0.2) is 12.1 Å². The molecule has 28 heavy (non-hydrogen) atoms. The number of benzene rings is 1. The Kier molecular flexibility index (Phi) is 6.07. The third-order valence-electron chi connectivity index (χ3n) is 5.10. The maximum absolute atomic E-state index is 14.6. The summed E-state index contributed by atoms with van der Waals surface area (Å²) in [7, 11) is 0. The van der Waals surface area contributed by atoms with E-state index in [1.165, 1.54) is 4.90 Å². The van der Waals surface area contributed by atoms with Gasteiger partial charge in [-0.1, -0.05) is 0 Å². The number of carboxylic acid groups (broad SMARTS) is 1. The normalized spacial score (nSPS) is 20.0. The number of thioether (sulfide) groups is 1. The van der Waals surface area contributed by atoms with Gasteiger partial charge in [-0.2, -0.15) is 11.8 Å². The minimum absolute atomic E-state index is 0.0336. The fourth-order valence-electron chi connectivity index (χ4n) is 3.54. The first kappa shape index (κ1) is 20.4. The van der Waals surface area contributed by atoms with Crippen LogP contribution in [0.1, 0.15) is 24.3 Å². The van der Waals surface area contributed by atoms with Crippen molar-refractivity contribution in [2.75, 3.05) is 36.5 Å². The predicted octanol–water partition coefficient (Wildman–Crippen LogP) is 2.02. The molecule has 3 amide bonds. The molecule has 2 heterocycles. The SMILES string of the molecule is CSCCN(C(=O)O)C1CN(c2cc(F)c(C3CCC(=O)NC3=O)c(F)c2)C1. The van der Waals surface area contributed by atoms with Gasteiger partial charge in [0.15, 0.2) is 0 Å². The van der Waals surface area contributed by atoms with Crippen LogP contribution in [-0.4, -0.2) is 65.6 Å². The Morgan fingerprint density at radius 1 is 1.32 bits per heavy atom. The summed E-state index contributed by atoms with van der Waals surface area (Å²) in [6, 6.07) is 2.09. The number of anilines is 1. The van der Waals surface area contributed by atoms with Crippen LogP contribution in [0, 0.1) is 11.6 Å². The van der Waals surface area contributed by atoms with Gasteiger partial charge in [-0.3, -0.25) is 14.9 Å². The Labute approximate surface area is 165 Å². The molecule has 0 aliphatic carbocycles. The van der Waals surface area contributed by atoms with Crippen LogP contribution in [0.2, 0.25) is 0 Å². The highest BCUT2D eigenvalue weighted by Gasteiger charge is 2.37. The van der Waals surface area contributed by atoms with Crippen molar-refractivity contribution >= 4 is 35.4 Å². The lowest BCUT2D eigenvalue weighted by Crippen LogP contribution is -2.61. The Morgan fingerprint density at radius 2 is 1.96 bits per heavy atom. The number of hydrogen-bond acceptors (Lipinski definition) is 5. The lowest BCUT2D eigenvalue weighted by atomic mass is 9.89. The second-order valence-corrected chi connectivity index (χ2v) is 7.84. The topological polar surface area (TPSA) is 90.0 Å². The summed E-state index contributed by atoms with van der Waals surface area (Å²) in [5, 5.41) is 11.4. The highest BCUT2D eigenvalue weighted by molar-refractivity contribution is 7.98. The molecule has 0 spiro atoms. The molecule has 1 atom stereocenters. The monoisotopic (exact) mass is 413 g/mol.